The summed E-state index contributed by atoms with van der Waals surface area (Å²) in [5, 5.41) is 40.0. The number of carbonyl (C=O) groups is 1. The summed E-state index contributed by atoms with van der Waals surface area (Å²) in [4.78, 5) is 12.7. The van der Waals surface area contributed by atoms with E-state index < -0.39 is 43.4 Å². The maximum atomic E-state index is 12.7. The highest BCUT2D eigenvalue weighted by Gasteiger charge is 2.44. The first-order chi connectivity index (χ1) is 25.4. The van der Waals surface area contributed by atoms with Crippen molar-refractivity contribution in [1.82, 2.24) is 0 Å². The zero-order valence-electron chi connectivity index (χ0n) is 33.3. The molecule has 0 aromatic rings. The average molecular weight is 741 g/mol. The molecule has 1 heterocycles. The van der Waals surface area contributed by atoms with Gasteiger partial charge in [-0.25, -0.2) is 0 Å². The molecule has 0 bridgehead atoms. The summed E-state index contributed by atoms with van der Waals surface area (Å²) < 4.78 is 22.8. The van der Waals surface area contributed by atoms with Crippen LogP contribution in [0.4, 0.5) is 0 Å². The molecule has 0 aromatic carbocycles. The molecule has 9 heteroatoms. The van der Waals surface area contributed by atoms with Crippen molar-refractivity contribution in [2.75, 3.05) is 26.4 Å². The lowest BCUT2D eigenvalue weighted by Gasteiger charge is -2.39. The molecular weight excluding hydrogens is 660 g/mol. The van der Waals surface area contributed by atoms with Crippen LogP contribution in [0.1, 0.15) is 181 Å². The Morgan fingerprint density at radius 2 is 1.12 bits per heavy atom. The van der Waals surface area contributed by atoms with E-state index in [0.29, 0.717) is 13.0 Å². The van der Waals surface area contributed by atoms with E-state index in [-0.39, 0.29) is 19.2 Å². The van der Waals surface area contributed by atoms with Crippen LogP contribution in [0.15, 0.2) is 24.3 Å². The van der Waals surface area contributed by atoms with Crippen LogP contribution in [-0.2, 0) is 23.7 Å². The maximum Gasteiger partial charge on any atom is 0.306 e. The highest BCUT2D eigenvalue weighted by molar-refractivity contribution is 5.69. The second-order valence-corrected chi connectivity index (χ2v) is 14.8. The smallest absolute Gasteiger partial charge is 0.306 e. The van der Waals surface area contributed by atoms with E-state index in [1.54, 1.807) is 0 Å². The van der Waals surface area contributed by atoms with E-state index in [4.69, 9.17) is 18.9 Å². The van der Waals surface area contributed by atoms with Crippen LogP contribution < -0.4 is 0 Å². The lowest BCUT2D eigenvalue weighted by atomic mass is 9.99. The number of ether oxygens (including phenoxy) is 4. The van der Waals surface area contributed by atoms with Crippen molar-refractivity contribution in [3.05, 3.63) is 24.3 Å². The molecule has 0 spiro atoms. The lowest BCUT2D eigenvalue weighted by Crippen LogP contribution is -2.59. The van der Waals surface area contributed by atoms with Gasteiger partial charge < -0.3 is 39.4 Å². The predicted octanol–water partition coefficient (Wildman–Crippen LogP) is 9.03. The molecule has 0 aliphatic carbocycles. The van der Waals surface area contributed by atoms with Gasteiger partial charge in [0.05, 0.1) is 19.8 Å². The van der Waals surface area contributed by atoms with Crippen LogP contribution in [0.25, 0.3) is 0 Å². The third-order valence-electron chi connectivity index (χ3n) is 9.87. The van der Waals surface area contributed by atoms with Gasteiger partial charge in [-0.2, -0.15) is 0 Å². The Labute approximate surface area is 317 Å². The number of hydrogen-bond donors (Lipinski definition) is 4. The van der Waals surface area contributed by atoms with Crippen LogP contribution in [0, 0.1) is 0 Å². The normalized spacial score (nSPS) is 21.4. The first-order valence-corrected chi connectivity index (χ1v) is 21.4. The number of rotatable bonds is 36. The minimum absolute atomic E-state index is 0.116. The van der Waals surface area contributed by atoms with Gasteiger partial charge in [-0.15, -0.1) is 0 Å². The molecule has 9 nitrogen and oxygen atoms in total. The van der Waals surface area contributed by atoms with Crippen LogP contribution in [0.3, 0.4) is 0 Å². The number of aliphatic hydroxyl groups is 4. The van der Waals surface area contributed by atoms with Crippen LogP contribution in [-0.4, -0.2) is 89.6 Å². The Hall–Kier alpha value is -1.33. The van der Waals surface area contributed by atoms with E-state index in [0.717, 1.165) is 57.8 Å². The van der Waals surface area contributed by atoms with Gasteiger partial charge in [0.15, 0.2) is 6.29 Å². The highest BCUT2D eigenvalue weighted by Crippen LogP contribution is 2.22. The largest absolute Gasteiger partial charge is 0.457 e. The fourth-order valence-corrected chi connectivity index (χ4v) is 6.46. The fraction of sp³-hybridized carbons (Fsp3) is 0.884. The zero-order chi connectivity index (χ0) is 37.9. The van der Waals surface area contributed by atoms with E-state index in [1.165, 1.54) is 103 Å². The Kier molecular flexibility index (Phi) is 33.1. The second-order valence-electron chi connectivity index (χ2n) is 14.8. The van der Waals surface area contributed by atoms with E-state index >= 15 is 0 Å². The number of hydrogen-bond acceptors (Lipinski definition) is 9. The zero-order valence-corrected chi connectivity index (χ0v) is 33.3. The molecule has 0 amide bonds. The molecule has 0 saturated carbocycles. The van der Waals surface area contributed by atoms with Gasteiger partial charge in [0.1, 0.15) is 30.5 Å². The van der Waals surface area contributed by atoms with Gasteiger partial charge in [0, 0.05) is 13.0 Å². The van der Waals surface area contributed by atoms with Crippen LogP contribution in [0.2, 0.25) is 0 Å². The molecule has 6 atom stereocenters. The molecule has 4 N–H and O–H groups in total. The first kappa shape index (κ1) is 48.7. The Balaban J connectivity index is 2.30. The summed E-state index contributed by atoms with van der Waals surface area (Å²) in [7, 11) is 0. The quantitative estimate of drug-likeness (QED) is 0.0282. The van der Waals surface area contributed by atoms with Crippen molar-refractivity contribution in [2.24, 2.45) is 0 Å². The molecule has 0 aromatic heterocycles. The summed E-state index contributed by atoms with van der Waals surface area (Å²) in [5.41, 5.74) is 0. The second kappa shape index (κ2) is 35.4. The van der Waals surface area contributed by atoms with Gasteiger partial charge >= 0.3 is 5.97 Å². The Morgan fingerprint density at radius 1 is 0.615 bits per heavy atom. The topological polar surface area (TPSA) is 135 Å². The van der Waals surface area contributed by atoms with Gasteiger partial charge in [0.2, 0.25) is 0 Å². The Bertz CT molecular complexity index is 848. The minimum atomic E-state index is -1.54. The molecule has 1 aliphatic heterocycles. The molecule has 1 aliphatic rings. The molecule has 306 valence electrons. The van der Waals surface area contributed by atoms with Crippen LogP contribution in [0.5, 0.6) is 0 Å². The minimum Gasteiger partial charge on any atom is -0.457 e. The summed E-state index contributed by atoms with van der Waals surface area (Å²) in [6, 6.07) is 0. The Morgan fingerprint density at radius 3 is 1.67 bits per heavy atom. The summed E-state index contributed by atoms with van der Waals surface area (Å²) in [6.45, 7) is 4.53. The summed E-state index contributed by atoms with van der Waals surface area (Å²) in [6.07, 6.45) is 31.9. The van der Waals surface area contributed by atoms with Crippen molar-refractivity contribution in [1.29, 1.82) is 0 Å². The number of aliphatic hydroxyl groups excluding tert-OH is 4. The third kappa shape index (κ3) is 26.4. The number of unbranched alkanes of at least 4 members (excludes halogenated alkanes) is 21. The van der Waals surface area contributed by atoms with Crippen LogP contribution >= 0.6 is 0 Å². The molecular formula is C43H80O9. The van der Waals surface area contributed by atoms with E-state index in [9.17, 15) is 25.2 Å². The van der Waals surface area contributed by atoms with Crippen molar-refractivity contribution >= 4 is 5.97 Å². The molecule has 0 radical (unpaired) electrons. The van der Waals surface area contributed by atoms with Gasteiger partial charge in [0.25, 0.3) is 0 Å². The van der Waals surface area contributed by atoms with Crippen molar-refractivity contribution in [2.45, 2.75) is 218 Å². The monoisotopic (exact) mass is 741 g/mol. The molecule has 6 unspecified atom stereocenters. The predicted molar refractivity (Wildman–Crippen MR) is 210 cm³/mol. The number of allylic oxidation sites excluding steroid dienone is 4. The van der Waals surface area contributed by atoms with Gasteiger partial charge in [-0.3, -0.25) is 4.79 Å². The number of esters is 1. The molecule has 1 rings (SSSR count). The fourth-order valence-electron chi connectivity index (χ4n) is 6.46. The molecule has 1 fully saturated rings. The maximum absolute atomic E-state index is 12.7. The molecule has 1 saturated heterocycles. The van der Waals surface area contributed by atoms with E-state index in [1.807, 2.05) is 0 Å². The van der Waals surface area contributed by atoms with Gasteiger partial charge in [-0.05, 0) is 44.9 Å². The third-order valence-corrected chi connectivity index (χ3v) is 9.87. The van der Waals surface area contributed by atoms with Crippen molar-refractivity contribution < 1.29 is 44.2 Å². The summed E-state index contributed by atoms with van der Waals surface area (Å²) >= 11 is 0. The van der Waals surface area contributed by atoms with Crippen molar-refractivity contribution in [3.63, 3.8) is 0 Å². The van der Waals surface area contributed by atoms with Crippen molar-refractivity contribution in [3.8, 4) is 0 Å². The standard InChI is InChI=1S/C43H80O9/c1-3-5-7-9-11-13-15-17-18-19-20-22-24-26-28-30-32-39(45)51-37(36-50-43-42(48)41(47)40(46)38(34-44)52-43)35-49-33-31-29-27-25-23-21-16-14-12-10-8-6-4-2/h13,15,18-19,37-38,40-44,46-48H,3-12,14,16-17,20-36H2,1-2H3/b15-13-,19-18-. The first-order valence-electron chi connectivity index (χ1n) is 21.4. The van der Waals surface area contributed by atoms with E-state index in [2.05, 4.69) is 38.2 Å². The summed E-state index contributed by atoms with van der Waals surface area (Å²) in [5.74, 6) is -0.326. The average Bonchev–Trinajstić information content (AvgIpc) is 3.14. The lowest BCUT2D eigenvalue weighted by molar-refractivity contribution is -0.305. The molecule has 52 heavy (non-hydrogen) atoms. The van der Waals surface area contributed by atoms with Gasteiger partial charge in [-0.1, -0.05) is 154 Å². The SMILES string of the molecule is CCCCCC/C=C\C/C=C\CCCCCCCC(=O)OC(COCCCCCCCCCCCCCCC)COC1OC(CO)C(O)C(O)C1O. The number of carbonyl (C=O) groups excluding carboxylic acids is 1. The highest BCUT2D eigenvalue weighted by atomic mass is 16.7.